The van der Waals surface area contributed by atoms with E-state index in [0.29, 0.717) is 30.8 Å². The number of carbonyl (C=O) groups excluding carboxylic acids is 2. The maximum atomic E-state index is 12.4. The number of piperidine rings is 1. The van der Waals surface area contributed by atoms with Crippen molar-refractivity contribution in [1.82, 2.24) is 4.90 Å². The number of thiol groups is 1. The fraction of sp³-hybridized carbons (Fsp3) is 0.571. The third-order valence-electron chi connectivity index (χ3n) is 4.25. The van der Waals surface area contributed by atoms with Crippen molar-refractivity contribution in [2.24, 2.45) is 11.3 Å². The lowest BCUT2D eigenvalue weighted by Crippen LogP contribution is -2.87. The van der Waals surface area contributed by atoms with Crippen LogP contribution in [-0.2, 0) is 14.3 Å². The molecular weight excluding hydrogens is 304 g/mol. The van der Waals surface area contributed by atoms with Crippen LogP contribution in [0.4, 0.5) is 0 Å². The van der Waals surface area contributed by atoms with Crippen LogP contribution < -0.4 is 5.32 Å². The first-order valence-electron chi connectivity index (χ1n) is 7.09. The lowest BCUT2D eigenvalue weighted by molar-refractivity contribution is -0.667. The first-order chi connectivity index (χ1) is 10.5. The van der Waals surface area contributed by atoms with E-state index >= 15 is 0 Å². The number of nitrogens with zero attached hydrogens (tertiary/aromatic N) is 3. The van der Waals surface area contributed by atoms with Gasteiger partial charge >= 0.3 is 5.97 Å². The van der Waals surface area contributed by atoms with Gasteiger partial charge in [0.15, 0.2) is 6.19 Å². The van der Waals surface area contributed by atoms with E-state index in [-0.39, 0.29) is 17.2 Å². The number of hydrogen-bond acceptors (Lipinski definition) is 6. The zero-order valence-electron chi connectivity index (χ0n) is 12.2. The maximum absolute atomic E-state index is 12.4. The monoisotopic (exact) mass is 321 g/mol. The number of esters is 1. The molecule has 0 saturated carbocycles. The maximum Gasteiger partial charge on any atom is 0.337 e. The van der Waals surface area contributed by atoms with Gasteiger partial charge in [-0.1, -0.05) is 0 Å². The molecule has 1 spiro atoms. The molecule has 22 heavy (non-hydrogen) atoms. The molecule has 1 amide bonds. The molecule has 0 aromatic heterocycles. The number of rotatable bonds is 2. The third kappa shape index (κ3) is 2.35. The van der Waals surface area contributed by atoms with Crippen molar-refractivity contribution >= 4 is 24.5 Å². The minimum Gasteiger partial charge on any atom is -0.463 e. The molecule has 0 aromatic rings. The highest BCUT2D eigenvalue weighted by atomic mass is 32.1. The number of amides is 1. The largest absolute Gasteiger partial charge is 0.463 e. The van der Waals surface area contributed by atoms with Crippen molar-refractivity contribution in [1.29, 1.82) is 10.5 Å². The summed E-state index contributed by atoms with van der Waals surface area (Å²) in [4.78, 5) is 25.6. The van der Waals surface area contributed by atoms with E-state index in [1.807, 2.05) is 6.07 Å². The van der Waals surface area contributed by atoms with Crippen molar-refractivity contribution in [3.05, 3.63) is 10.6 Å². The van der Waals surface area contributed by atoms with Gasteiger partial charge in [0, 0.05) is 18.3 Å². The zero-order valence-corrected chi connectivity index (χ0v) is 13.1. The van der Waals surface area contributed by atoms with E-state index in [4.69, 9.17) is 10.00 Å². The predicted octanol–water partition coefficient (Wildman–Crippen LogP) is -0.502. The number of quaternary nitrogens is 1. The summed E-state index contributed by atoms with van der Waals surface area (Å²) in [5.74, 6) is -2.30. The number of nitriles is 2. The first-order valence-corrected chi connectivity index (χ1v) is 7.54. The van der Waals surface area contributed by atoms with Crippen LogP contribution in [0.25, 0.3) is 0 Å². The van der Waals surface area contributed by atoms with Gasteiger partial charge in [-0.3, -0.25) is 4.79 Å². The predicted molar refractivity (Wildman–Crippen MR) is 77.5 cm³/mol. The Morgan fingerprint density at radius 1 is 1.50 bits per heavy atom. The Labute approximate surface area is 133 Å². The Hall–Kier alpha value is -2.03. The molecule has 0 unspecified atom stereocenters. The molecule has 2 rings (SSSR count). The Morgan fingerprint density at radius 3 is 2.64 bits per heavy atom. The van der Waals surface area contributed by atoms with Crippen LogP contribution in [0.2, 0.25) is 0 Å². The van der Waals surface area contributed by atoms with Crippen molar-refractivity contribution in [2.75, 3.05) is 19.7 Å². The van der Waals surface area contributed by atoms with Gasteiger partial charge in [-0.25, -0.2) is 9.69 Å². The van der Waals surface area contributed by atoms with Crippen LogP contribution >= 0.6 is 12.6 Å². The number of carbonyl (C=O) groups is 2. The summed E-state index contributed by atoms with van der Waals surface area (Å²) < 4.78 is 5.09. The van der Waals surface area contributed by atoms with Gasteiger partial charge in [0.25, 0.3) is 5.91 Å². The van der Waals surface area contributed by atoms with Crippen LogP contribution in [0.15, 0.2) is 10.6 Å². The summed E-state index contributed by atoms with van der Waals surface area (Å²) in [6.07, 6.45) is 2.69. The molecule has 1 fully saturated rings. The number of ether oxygens (including phenoxy) is 1. The Balaban J connectivity index is 2.66. The Bertz CT molecular complexity index is 611. The molecule has 116 valence electrons. The molecule has 0 radical (unpaired) electrons. The molecule has 2 aliphatic heterocycles. The van der Waals surface area contributed by atoms with Gasteiger partial charge in [-0.05, 0) is 6.92 Å². The van der Waals surface area contributed by atoms with E-state index in [1.54, 1.807) is 13.1 Å². The average molecular weight is 321 g/mol. The molecule has 2 aliphatic rings. The fourth-order valence-electron chi connectivity index (χ4n) is 3.25. The van der Waals surface area contributed by atoms with Gasteiger partial charge in [0.2, 0.25) is 0 Å². The van der Waals surface area contributed by atoms with Crippen LogP contribution in [0.3, 0.4) is 0 Å². The number of nitrogens with two attached hydrogens (primary N) is 1. The smallest absolute Gasteiger partial charge is 0.337 e. The SMILES string of the molecule is CCOC(=O)C1=C(S)N(C#N)C(=O)[C@@H](C#N)C12CC[NH2+]CC2. The van der Waals surface area contributed by atoms with E-state index in [1.165, 1.54) is 0 Å². The second-order valence-corrected chi connectivity index (χ2v) is 5.70. The zero-order chi connectivity index (χ0) is 16.3. The Morgan fingerprint density at radius 2 is 2.14 bits per heavy atom. The highest BCUT2D eigenvalue weighted by Crippen LogP contribution is 2.49. The van der Waals surface area contributed by atoms with Gasteiger partial charge in [-0.15, -0.1) is 12.6 Å². The summed E-state index contributed by atoms with van der Waals surface area (Å²) >= 11 is 4.23. The van der Waals surface area contributed by atoms with E-state index < -0.39 is 23.2 Å². The summed E-state index contributed by atoms with van der Waals surface area (Å²) in [5, 5.41) is 20.7. The highest BCUT2D eigenvalue weighted by Gasteiger charge is 2.56. The topological polar surface area (TPSA) is 111 Å². The van der Waals surface area contributed by atoms with Crippen molar-refractivity contribution in [3.8, 4) is 12.3 Å². The Kier molecular flexibility index (Phi) is 4.74. The quantitative estimate of drug-likeness (QED) is 0.404. The molecule has 1 saturated heterocycles. The molecular formula is C14H17N4O3S+. The van der Waals surface area contributed by atoms with Gasteiger partial charge in [0.05, 0.1) is 31.3 Å². The molecule has 0 bridgehead atoms. The molecule has 1 atom stereocenters. The number of hydrogen-bond donors (Lipinski definition) is 2. The normalized spacial score (nSPS) is 23.9. The lowest BCUT2D eigenvalue weighted by Gasteiger charge is -2.44. The minimum absolute atomic E-state index is 0.0145. The average Bonchev–Trinajstić information content (AvgIpc) is 2.49. The van der Waals surface area contributed by atoms with Crippen molar-refractivity contribution < 1.29 is 19.6 Å². The second-order valence-electron chi connectivity index (χ2n) is 5.28. The summed E-state index contributed by atoms with van der Waals surface area (Å²) in [5.41, 5.74) is -0.740. The summed E-state index contributed by atoms with van der Waals surface area (Å²) in [7, 11) is 0. The van der Waals surface area contributed by atoms with Crippen LogP contribution in [0.5, 0.6) is 0 Å². The second kappa shape index (κ2) is 6.39. The standard InChI is InChI=1S/C14H16N4O3S/c1-2-21-13(20)10-12(22)18(8-16)11(19)9(7-15)14(10)3-5-17-6-4-14/h9,17,22H,2-6H2,1H3/p+1/t9-/m1/s1. The van der Waals surface area contributed by atoms with Crippen LogP contribution in [-0.4, -0.2) is 36.5 Å². The third-order valence-corrected chi connectivity index (χ3v) is 4.67. The summed E-state index contributed by atoms with van der Waals surface area (Å²) in [6.45, 7) is 3.24. The minimum atomic E-state index is -1.07. The van der Waals surface area contributed by atoms with E-state index in [0.717, 1.165) is 0 Å². The molecule has 0 aliphatic carbocycles. The van der Waals surface area contributed by atoms with Crippen molar-refractivity contribution in [3.63, 3.8) is 0 Å². The molecule has 8 heteroatoms. The highest BCUT2D eigenvalue weighted by molar-refractivity contribution is 7.84. The van der Waals surface area contributed by atoms with Crippen LogP contribution in [0.1, 0.15) is 19.8 Å². The summed E-state index contributed by atoms with van der Waals surface area (Å²) in [6, 6.07) is 1.99. The lowest BCUT2D eigenvalue weighted by atomic mass is 9.63. The molecule has 7 nitrogen and oxygen atoms in total. The van der Waals surface area contributed by atoms with Crippen LogP contribution in [0, 0.1) is 34.1 Å². The molecule has 2 heterocycles. The van der Waals surface area contributed by atoms with Gasteiger partial charge in [-0.2, -0.15) is 10.5 Å². The van der Waals surface area contributed by atoms with E-state index in [2.05, 4.69) is 17.9 Å². The van der Waals surface area contributed by atoms with E-state index in [9.17, 15) is 14.9 Å². The molecule has 2 N–H and O–H groups in total. The van der Waals surface area contributed by atoms with Crippen molar-refractivity contribution in [2.45, 2.75) is 19.8 Å². The van der Waals surface area contributed by atoms with Gasteiger partial charge < -0.3 is 10.1 Å². The molecule has 0 aromatic carbocycles. The fourth-order valence-corrected chi connectivity index (χ4v) is 3.71. The van der Waals surface area contributed by atoms with Gasteiger partial charge in [0.1, 0.15) is 10.9 Å². The first kappa shape index (κ1) is 16.3.